The number of hydrogen-bond donors (Lipinski definition) is 2. The van der Waals surface area contributed by atoms with Crippen molar-refractivity contribution in [3.63, 3.8) is 0 Å². The van der Waals surface area contributed by atoms with Gasteiger partial charge in [-0.25, -0.2) is 9.18 Å². The molecule has 2 aliphatic heterocycles. The van der Waals surface area contributed by atoms with Crippen molar-refractivity contribution in [1.82, 2.24) is 14.4 Å². The van der Waals surface area contributed by atoms with Crippen molar-refractivity contribution in [3.05, 3.63) is 57.8 Å². The molecule has 1 atom stereocenters. The molecule has 11 heteroatoms. The van der Waals surface area contributed by atoms with Gasteiger partial charge in [-0.3, -0.25) is 14.2 Å². The molecular weight excluding hydrogens is 519 g/mol. The van der Waals surface area contributed by atoms with Crippen molar-refractivity contribution in [2.75, 3.05) is 25.0 Å². The molecule has 5 rings (SSSR count). The number of likely N-dealkylation sites (tertiary alicyclic amines) is 2. The van der Waals surface area contributed by atoms with E-state index < -0.39 is 40.6 Å². The predicted octanol–water partition coefficient (Wildman–Crippen LogP) is 4.30. The number of aryl methyl sites for hydroxylation is 1. The highest BCUT2D eigenvalue weighted by Crippen LogP contribution is 2.37. The van der Waals surface area contributed by atoms with Crippen molar-refractivity contribution in [3.8, 4) is 0 Å². The number of anilines is 2. The number of halogens is 1. The maximum atomic E-state index is 14.8. The second kappa shape index (κ2) is 9.96. The Labute approximate surface area is 231 Å². The highest BCUT2D eigenvalue weighted by molar-refractivity contribution is 6.09. The Morgan fingerprint density at radius 3 is 2.60 bits per heavy atom. The summed E-state index contributed by atoms with van der Waals surface area (Å²) in [5.74, 6) is -0.957. The lowest BCUT2D eigenvalue weighted by Gasteiger charge is -2.54. The van der Waals surface area contributed by atoms with Gasteiger partial charge >= 0.3 is 6.09 Å². The van der Waals surface area contributed by atoms with Crippen molar-refractivity contribution in [2.45, 2.75) is 64.2 Å². The van der Waals surface area contributed by atoms with Crippen molar-refractivity contribution in [1.29, 1.82) is 0 Å². The molecular formula is C29H35FN4O6. The SMILES string of the molecule is Cc1ccc(Nc2c(C(=O)N3CC(O)(C4CCCCN4C(=O)OC(C)(C)C)C3)c3occc3c(=O)n2C)c(F)c1. The molecule has 10 nitrogen and oxygen atoms in total. The topological polar surface area (TPSA) is 117 Å². The zero-order valence-corrected chi connectivity index (χ0v) is 23.4. The maximum absolute atomic E-state index is 14.8. The molecule has 2 aliphatic rings. The fourth-order valence-electron chi connectivity index (χ4n) is 5.58. The number of hydrogen-bond acceptors (Lipinski definition) is 7. The van der Waals surface area contributed by atoms with Gasteiger partial charge in [-0.1, -0.05) is 6.07 Å². The van der Waals surface area contributed by atoms with Gasteiger partial charge in [0.25, 0.3) is 11.5 Å². The van der Waals surface area contributed by atoms with E-state index in [9.17, 15) is 23.9 Å². The smallest absolute Gasteiger partial charge is 0.410 e. The number of aromatic nitrogens is 1. The minimum absolute atomic E-state index is 0.0286. The summed E-state index contributed by atoms with van der Waals surface area (Å²) < 4.78 is 27.2. The average Bonchev–Trinajstić information content (AvgIpc) is 3.35. The van der Waals surface area contributed by atoms with Crippen molar-refractivity contribution in [2.24, 2.45) is 7.05 Å². The number of amides is 2. The number of nitrogens with zero attached hydrogens (tertiary/aromatic N) is 3. The summed E-state index contributed by atoms with van der Waals surface area (Å²) in [6.45, 7) is 7.53. The van der Waals surface area contributed by atoms with Gasteiger partial charge in [0.2, 0.25) is 0 Å². The summed E-state index contributed by atoms with van der Waals surface area (Å²) in [6.07, 6.45) is 3.06. The second-order valence-corrected chi connectivity index (χ2v) is 11.8. The number of carbonyl (C=O) groups excluding carboxylic acids is 2. The summed E-state index contributed by atoms with van der Waals surface area (Å²) in [7, 11) is 1.49. The summed E-state index contributed by atoms with van der Waals surface area (Å²) in [6, 6.07) is 5.57. The average molecular weight is 555 g/mol. The van der Waals surface area contributed by atoms with Crippen LogP contribution in [0.2, 0.25) is 0 Å². The van der Waals surface area contributed by atoms with Gasteiger partial charge in [0.15, 0.2) is 5.58 Å². The van der Waals surface area contributed by atoms with Gasteiger partial charge < -0.3 is 29.4 Å². The fourth-order valence-corrected chi connectivity index (χ4v) is 5.58. The van der Waals surface area contributed by atoms with Gasteiger partial charge in [-0.2, -0.15) is 0 Å². The highest BCUT2D eigenvalue weighted by Gasteiger charge is 2.54. The van der Waals surface area contributed by atoms with E-state index in [0.29, 0.717) is 13.0 Å². The quantitative estimate of drug-likeness (QED) is 0.494. The molecule has 0 radical (unpaired) electrons. The fraction of sp³-hybridized carbons (Fsp3) is 0.483. The van der Waals surface area contributed by atoms with Crippen LogP contribution in [-0.2, 0) is 11.8 Å². The first-order valence-corrected chi connectivity index (χ1v) is 13.4. The van der Waals surface area contributed by atoms with E-state index in [4.69, 9.17) is 9.15 Å². The molecule has 0 bridgehead atoms. The lowest BCUT2D eigenvalue weighted by atomic mass is 9.80. The van der Waals surface area contributed by atoms with E-state index in [-0.39, 0.29) is 41.1 Å². The number of carbonyl (C=O) groups is 2. The van der Waals surface area contributed by atoms with Crippen LogP contribution in [0.3, 0.4) is 0 Å². The van der Waals surface area contributed by atoms with Crippen LogP contribution in [0.5, 0.6) is 0 Å². The number of aliphatic hydroxyl groups is 1. The van der Waals surface area contributed by atoms with Crippen LogP contribution < -0.4 is 10.9 Å². The van der Waals surface area contributed by atoms with Crippen LogP contribution in [-0.4, -0.2) is 68.4 Å². The Hall–Kier alpha value is -3.86. The van der Waals surface area contributed by atoms with Crippen LogP contribution in [0.4, 0.5) is 20.7 Å². The van der Waals surface area contributed by atoms with E-state index >= 15 is 0 Å². The first kappa shape index (κ1) is 27.7. The molecule has 0 aliphatic carbocycles. The van der Waals surface area contributed by atoms with Gasteiger partial charge in [-0.05, 0) is 70.7 Å². The Morgan fingerprint density at radius 2 is 1.93 bits per heavy atom. The monoisotopic (exact) mass is 554 g/mol. The zero-order chi connectivity index (χ0) is 29.0. The van der Waals surface area contributed by atoms with E-state index in [2.05, 4.69) is 5.32 Å². The van der Waals surface area contributed by atoms with E-state index in [0.717, 1.165) is 18.4 Å². The Kier molecular flexibility index (Phi) is 6.89. The Balaban J connectivity index is 1.45. The van der Waals surface area contributed by atoms with Crippen LogP contribution in [0.1, 0.15) is 56.0 Å². The molecule has 0 spiro atoms. The number of piperidine rings is 1. The first-order chi connectivity index (χ1) is 18.8. The largest absolute Gasteiger partial charge is 0.463 e. The van der Waals surface area contributed by atoms with Crippen LogP contribution in [0.25, 0.3) is 11.0 Å². The second-order valence-electron chi connectivity index (χ2n) is 11.8. The molecule has 2 amide bonds. The molecule has 3 aromatic rings. The third-order valence-electron chi connectivity index (χ3n) is 7.56. The molecule has 2 N–H and O–H groups in total. The van der Waals surface area contributed by atoms with Crippen molar-refractivity contribution < 1.29 is 28.2 Å². The summed E-state index contributed by atoms with van der Waals surface area (Å²) in [5.41, 5.74) is -1.48. The third kappa shape index (κ3) is 4.94. The molecule has 1 aromatic carbocycles. The summed E-state index contributed by atoms with van der Waals surface area (Å²) >= 11 is 0. The number of ether oxygens (including phenoxy) is 1. The molecule has 4 heterocycles. The standard InChI is InChI=1S/C29H35FN4O6/c1-17-9-10-20(19(30)14-17)31-24-22(23-18(11-13-39-23)25(35)32(24)5)26(36)33-15-29(38,16-33)21-8-6-7-12-34(21)27(37)40-28(2,3)4/h9-11,13-14,21,31,38H,6-8,12,15-16H2,1-5H3. The predicted molar refractivity (Wildman–Crippen MR) is 147 cm³/mol. The van der Waals surface area contributed by atoms with Gasteiger partial charge in [0.05, 0.1) is 36.5 Å². The molecule has 2 aromatic heterocycles. The van der Waals surface area contributed by atoms with Crippen molar-refractivity contribution >= 4 is 34.5 Å². The maximum Gasteiger partial charge on any atom is 0.410 e. The lowest BCUT2D eigenvalue weighted by Crippen LogP contribution is -2.73. The minimum atomic E-state index is -1.33. The molecule has 1 unspecified atom stereocenters. The third-order valence-corrected chi connectivity index (χ3v) is 7.56. The number of β-amino-alcohol motifs (C(OH)–C–C–N with tert-alkyl or cyclic N) is 1. The van der Waals surface area contributed by atoms with Crippen LogP contribution in [0.15, 0.2) is 39.7 Å². The van der Waals surface area contributed by atoms with Gasteiger partial charge in [0.1, 0.15) is 28.4 Å². The number of fused-ring (bicyclic) bond motifs is 1. The Morgan fingerprint density at radius 1 is 1.20 bits per heavy atom. The summed E-state index contributed by atoms with van der Waals surface area (Å²) in [5, 5.41) is 14.7. The number of pyridine rings is 1. The number of nitrogens with one attached hydrogen (secondary N) is 1. The minimum Gasteiger partial charge on any atom is -0.463 e. The van der Waals surface area contributed by atoms with Crippen LogP contribution in [0, 0.1) is 12.7 Å². The molecule has 2 saturated heterocycles. The van der Waals surface area contributed by atoms with E-state index in [1.165, 1.54) is 41.0 Å². The molecule has 0 saturated carbocycles. The number of furan rings is 1. The number of benzene rings is 1. The molecule has 214 valence electrons. The Bertz CT molecular complexity index is 1530. The first-order valence-electron chi connectivity index (χ1n) is 13.4. The lowest BCUT2D eigenvalue weighted by molar-refractivity contribution is -0.137. The highest BCUT2D eigenvalue weighted by atomic mass is 19.1. The summed E-state index contributed by atoms with van der Waals surface area (Å²) in [4.78, 5) is 42.9. The van der Waals surface area contributed by atoms with Gasteiger partial charge in [0, 0.05) is 13.6 Å². The van der Waals surface area contributed by atoms with E-state index in [1.807, 2.05) is 0 Å². The number of rotatable bonds is 4. The molecule has 40 heavy (non-hydrogen) atoms. The van der Waals surface area contributed by atoms with Crippen LogP contribution >= 0.6 is 0 Å². The zero-order valence-electron chi connectivity index (χ0n) is 23.4. The normalized spacial score (nSPS) is 18.9. The van der Waals surface area contributed by atoms with Gasteiger partial charge in [-0.15, -0.1) is 0 Å². The van der Waals surface area contributed by atoms with E-state index in [1.54, 1.807) is 38.7 Å². The molecule has 2 fully saturated rings.